The zero-order valence-corrected chi connectivity index (χ0v) is 13.0. The van der Waals surface area contributed by atoms with E-state index >= 15 is 0 Å². The molecule has 1 aromatic rings. The van der Waals surface area contributed by atoms with E-state index in [2.05, 4.69) is 25.1 Å². The molecular formula is C15H21Cl2NO. The number of nitrogens with zero attached hydrogens (tertiary/aromatic N) is 1. The number of rotatable bonds is 3. The quantitative estimate of drug-likeness (QED) is 0.919. The van der Waals surface area contributed by atoms with Crippen LogP contribution in [0.4, 0.5) is 0 Å². The number of likely N-dealkylation sites (N-methyl/N-ethyl adjacent to an activating group) is 1. The lowest BCUT2D eigenvalue weighted by Crippen LogP contribution is -2.43. The van der Waals surface area contributed by atoms with E-state index in [0.717, 1.165) is 32.2 Å². The van der Waals surface area contributed by atoms with Crippen LogP contribution in [0, 0.1) is 0 Å². The molecule has 0 heterocycles. The Morgan fingerprint density at radius 2 is 2.05 bits per heavy atom. The van der Waals surface area contributed by atoms with Crippen molar-refractivity contribution in [2.24, 2.45) is 0 Å². The van der Waals surface area contributed by atoms with Gasteiger partial charge in [0.15, 0.2) is 0 Å². The van der Waals surface area contributed by atoms with Gasteiger partial charge in [-0.3, -0.25) is 0 Å². The van der Waals surface area contributed by atoms with E-state index in [4.69, 9.17) is 23.2 Å². The molecule has 0 unspecified atom stereocenters. The molecule has 0 saturated heterocycles. The lowest BCUT2D eigenvalue weighted by atomic mass is 9.68. The number of hydrogen-bond donors (Lipinski definition) is 1. The maximum absolute atomic E-state index is 10.1. The van der Waals surface area contributed by atoms with Gasteiger partial charge in [-0.15, -0.1) is 0 Å². The third-order valence-corrected chi connectivity index (χ3v) is 4.71. The first-order valence-corrected chi connectivity index (χ1v) is 7.47. The normalized spacial score (nSPS) is 27.8. The summed E-state index contributed by atoms with van der Waals surface area (Å²) in [6, 6.07) is 5.87. The molecule has 19 heavy (non-hydrogen) atoms. The minimum atomic E-state index is -0.219. The molecule has 0 amide bonds. The van der Waals surface area contributed by atoms with Crippen LogP contribution in [0.25, 0.3) is 0 Å². The van der Waals surface area contributed by atoms with Crippen LogP contribution in [0.15, 0.2) is 18.2 Å². The second-order valence-corrected chi connectivity index (χ2v) is 6.71. The van der Waals surface area contributed by atoms with Crippen molar-refractivity contribution in [1.29, 1.82) is 0 Å². The molecule has 4 heteroatoms. The Morgan fingerprint density at radius 1 is 1.32 bits per heavy atom. The molecule has 1 saturated carbocycles. The van der Waals surface area contributed by atoms with Crippen molar-refractivity contribution in [2.75, 3.05) is 20.6 Å². The largest absolute Gasteiger partial charge is 0.393 e. The van der Waals surface area contributed by atoms with Crippen molar-refractivity contribution in [1.82, 2.24) is 4.90 Å². The number of benzene rings is 1. The van der Waals surface area contributed by atoms with Gasteiger partial charge < -0.3 is 10.0 Å². The van der Waals surface area contributed by atoms with Crippen LogP contribution in [0.3, 0.4) is 0 Å². The maximum Gasteiger partial charge on any atom is 0.0595 e. The van der Waals surface area contributed by atoms with Gasteiger partial charge in [-0.05, 0) is 57.5 Å². The standard InChI is InChI=1S/C15H21Cl2NO/c1-18(2)10-15(7-3-4-12(19)9-15)11-5-6-13(16)14(17)8-11/h5-6,8,12,19H,3-4,7,9-10H2,1-2H3/t12-,15-/m0/s1. The van der Waals surface area contributed by atoms with Crippen LogP contribution >= 0.6 is 23.2 Å². The zero-order valence-electron chi connectivity index (χ0n) is 11.5. The van der Waals surface area contributed by atoms with Gasteiger partial charge in [-0.2, -0.15) is 0 Å². The van der Waals surface area contributed by atoms with Gasteiger partial charge in [0.05, 0.1) is 16.1 Å². The number of aliphatic hydroxyl groups is 1. The molecule has 1 aliphatic carbocycles. The second kappa shape index (κ2) is 6.01. The number of halogens is 2. The average molecular weight is 302 g/mol. The van der Waals surface area contributed by atoms with Crippen molar-refractivity contribution in [3.05, 3.63) is 33.8 Å². The van der Waals surface area contributed by atoms with Gasteiger partial charge >= 0.3 is 0 Å². The van der Waals surface area contributed by atoms with Crippen molar-refractivity contribution in [2.45, 2.75) is 37.2 Å². The Balaban J connectivity index is 2.38. The molecule has 0 radical (unpaired) electrons. The second-order valence-electron chi connectivity index (χ2n) is 5.90. The first-order valence-electron chi connectivity index (χ1n) is 6.71. The molecule has 1 N–H and O–H groups in total. The highest BCUT2D eigenvalue weighted by Crippen LogP contribution is 2.41. The van der Waals surface area contributed by atoms with E-state index in [1.165, 1.54) is 5.56 Å². The summed E-state index contributed by atoms with van der Waals surface area (Å²) in [7, 11) is 4.14. The van der Waals surface area contributed by atoms with Crippen molar-refractivity contribution in [3.8, 4) is 0 Å². The molecule has 0 aliphatic heterocycles. The Bertz CT molecular complexity index is 446. The monoisotopic (exact) mass is 301 g/mol. The summed E-state index contributed by atoms with van der Waals surface area (Å²) in [5, 5.41) is 11.2. The lowest BCUT2D eigenvalue weighted by Gasteiger charge is -2.42. The summed E-state index contributed by atoms with van der Waals surface area (Å²) < 4.78 is 0. The molecule has 1 aliphatic rings. The summed E-state index contributed by atoms with van der Waals surface area (Å²) in [4.78, 5) is 2.18. The van der Waals surface area contributed by atoms with Gasteiger partial charge in [0, 0.05) is 12.0 Å². The maximum atomic E-state index is 10.1. The molecule has 106 valence electrons. The van der Waals surface area contributed by atoms with Gasteiger partial charge in [-0.1, -0.05) is 29.3 Å². The summed E-state index contributed by atoms with van der Waals surface area (Å²) in [5.74, 6) is 0. The molecule has 0 spiro atoms. The van der Waals surface area contributed by atoms with Gasteiger partial charge in [0.25, 0.3) is 0 Å². The van der Waals surface area contributed by atoms with Crippen LogP contribution in [-0.2, 0) is 5.41 Å². The Morgan fingerprint density at radius 3 is 2.63 bits per heavy atom. The SMILES string of the molecule is CN(C)C[C@]1(c2ccc(Cl)c(Cl)c2)CCC[C@H](O)C1. The van der Waals surface area contributed by atoms with Gasteiger partial charge in [0.2, 0.25) is 0 Å². The smallest absolute Gasteiger partial charge is 0.0595 e. The highest BCUT2D eigenvalue weighted by Gasteiger charge is 2.38. The van der Waals surface area contributed by atoms with E-state index in [0.29, 0.717) is 10.0 Å². The lowest BCUT2D eigenvalue weighted by molar-refractivity contribution is 0.0721. The Kier molecular flexibility index (Phi) is 4.78. The fourth-order valence-electron chi connectivity index (χ4n) is 3.26. The number of aliphatic hydroxyl groups excluding tert-OH is 1. The predicted octanol–water partition coefficient (Wildman–Crippen LogP) is 3.73. The summed E-state index contributed by atoms with van der Waals surface area (Å²) in [6.07, 6.45) is 3.61. The highest BCUT2D eigenvalue weighted by molar-refractivity contribution is 6.42. The van der Waals surface area contributed by atoms with E-state index in [1.54, 1.807) is 0 Å². The molecule has 0 aromatic heterocycles. The fourth-order valence-corrected chi connectivity index (χ4v) is 3.56. The van der Waals surface area contributed by atoms with Crippen LogP contribution in [-0.4, -0.2) is 36.8 Å². The first-order chi connectivity index (χ1) is 8.93. The fraction of sp³-hybridized carbons (Fsp3) is 0.600. The topological polar surface area (TPSA) is 23.5 Å². The van der Waals surface area contributed by atoms with E-state index < -0.39 is 0 Å². The van der Waals surface area contributed by atoms with Crippen LogP contribution in [0.5, 0.6) is 0 Å². The van der Waals surface area contributed by atoms with Gasteiger partial charge in [-0.25, -0.2) is 0 Å². The van der Waals surface area contributed by atoms with Crippen molar-refractivity contribution < 1.29 is 5.11 Å². The third kappa shape index (κ3) is 3.43. The van der Waals surface area contributed by atoms with Gasteiger partial charge in [0.1, 0.15) is 0 Å². The first kappa shape index (κ1) is 15.1. The molecule has 1 fully saturated rings. The Hall–Kier alpha value is -0.280. The van der Waals surface area contributed by atoms with Crippen molar-refractivity contribution in [3.63, 3.8) is 0 Å². The molecule has 1 aromatic carbocycles. The van der Waals surface area contributed by atoms with Crippen LogP contribution < -0.4 is 0 Å². The summed E-state index contributed by atoms with van der Waals surface area (Å²) >= 11 is 12.2. The van der Waals surface area contributed by atoms with Crippen molar-refractivity contribution >= 4 is 23.2 Å². The highest BCUT2D eigenvalue weighted by atomic mass is 35.5. The Labute approximate surface area is 125 Å². The van der Waals surface area contributed by atoms with Crippen LogP contribution in [0.1, 0.15) is 31.2 Å². The van der Waals surface area contributed by atoms with E-state index in [-0.39, 0.29) is 11.5 Å². The van der Waals surface area contributed by atoms with Crippen LogP contribution in [0.2, 0.25) is 10.0 Å². The average Bonchev–Trinajstić information content (AvgIpc) is 2.31. The molecule has 2 nitrogen and oxygen atoms in total. The minimum absolute atomic E-state index is 0.0185. The molecule has 2 rings (SSSR count). The zero-order chi connectivity index (χ0) is 14.0. The van der Waals surface area contributed by atoms with E-state index in [9.17, 15) is 5.11 Å². The minimum Gasteiger partial charge on any atom is -0.393 e. The summed E-state index contributed by atoms with van der Waals surface area (Å²) in [6.45, 7) is 0.919. The molecule has 0 bridgehead atoms. The number of hydrogen-bond acceptors (Lipinski definition) is 2. The predicted molar refractivity (Wildman–Crippen MR) is 81.2 cm³/mol. The molecule has 2 atom stereocenters. The molecular weight excluding hydrogens is 281 g/mol. The summed E-state index contributed by atoms with van der Waals surface area (Å²) in [5.41, 5.74) is 1.17. The van der Waals surface area contributed by atoms with E-state index in [1.807, 2.05) is 12.1 Å². The third-order valence-electron chi connectivity index (χ3n) is 3.97.